The molecule has 1 aromatic carbocycles. The third-order valence-corrected chi connectivity index (χ3v) is 3.94. The van der Waals surface area contributed by atoms with Crippen molar-refractivity contribution >= 4 is 0 Å². The zero-order valence-electron chi connectivity index (χ0n) is 10.3. The lowest BCUT2D eigenvalue weighted by molar-refractivity contribution is 0.313. The van der Waals surface area contributed by atoms with Gasteiger partial charge in [0.15, 0.2) is 0 Å². The summed E-state index contributed by atoms with van der Waals surface area (Å²) in [5.41, 5.74) is 8.56. The molecule has 0 unspecified atom stereocenters. The standard InChI is InChI=1S/C15H23N/c1-12-3-2-4-15(11-12)14-7-5-13(6-8-14)9-10-16/h2-4,11,13-14H,5-10,16H2,1H3. The van der Waals surface area contributed by atoms with Crippen LogP contribution in [0.3, 0.4) is 0 Å². The van der Waals surface area contributed by atoms with Crippen molar-refractivity contribution < 1.29 is 0 Å². The van der Waals surface area contributed by atoms with Crippen molar-refractivity contribution in [3.8, 4) is 0 Å². The smallest absolute Gasteiger partial charge is 0.00746 e. The van der Waals surface area contributed by atoms with E-state index in [1.165, 1.54) is 37.7 Å². The van der Waals surface area contributed by atoms with Gasteiger partial charge in [0.25, 0.3) is 0 Å². The van der Waals surface area contributed by atoms with Gasteiger partial charge in [-0.3, -0.25) is 0 Å². The number of rotatable bonds is 3. The molecule has 0 saturated heterocycles. The zero-order chi connectivity index (χ0) is 11.4. The van der Waals surface area contributed by atoms with Crippen LogP contribution in [-0.2, 0) is 0 Å². The van der Waals surface area contributed by atoms with E-state index in [-0.39, 0.29) is 0 Å². The molecular formula is C15H23N. The number of hydrogen-bond acceptors (Lipinski definition) is 1. The minimum Gasteiger partial charge on any atom is -0.330 e. The quantitative estimate of drug-likeness (QED) is 0.822. The molecule has 1 heteroatoms. The number of benzene rings is 1. The second-order valence-electron chi connectivity index (χ2n) is 5.21. The fraction of sp³-hybridized carbons (Fsp3) is 0.600. The minimum absolute atomic E-state index is 0.800. The average Bonchev–Trinajstić information content (AvgIpc) is 2.30. The second kappa shape index (κ2) is 5.49. The third-order valence-electron chi connectivity index (χ3n) is 3.94. The predicted octanol–water partition coefficient (Wildman–Crippen LogP) is 3.62. The van der Waals surface area contributed by atoms with Gasteiger partial charge < -0.3 is 5.73 Å². The van der Waals surface area contributed by atoms with Gasteiger partial charge in [0, 0.05) is 0 Å². The Kier molecular flexibility index (Phi) is 4.00. The van der Waals surface area contributed by atoms with E-state index in [0.29, 0.717) is 0 Å². The normalized spacial score (nSPS) is 25.6. The monoisotopic (exact) mass is 217 g/mol. The Bertz CT molecular complexity index is 324. The van der Waals surface area contributed by atoms with Crippen molar-refractivity contribution in [1.82, 2.24) is 0 Å². The van der Waals surface area contributed by atoms with Crippen LogP contribution < -0.4 is 5.73 Å². The first-order chi connectivity index (χ1) is 7.79. The SMILES string of the molecule is Cc1cccc(C2CCC(CCN)CC2)c1. The van der Waals surface area contributed by atoms with Crippen molar-refractivity contribution in [3.05, 3.63) is 35.4 Å². The summed E-state index contributed by atoms with van der Waals surface area (Å²) in [4.78, 5) is 0. The van der Waals surface area contributed by atoms with Gasteiger partial charge in [0.1, 0.15) is 0 Å². The molecule has 1 aromatic rings. The molecule has 2 N–H and O–H groups in total. The summed E-state index contributed by atoms with van der Waals surface area (Å²) >= 11 is 0. The van der Waals surface area contributed by atoms with E-state index in [1.807, 2.05) is 0 Å². The number of nitrogens with two attached hydrogens (primary N) is 1. The van der Waals surface area contributed by atoms with Crippen LogP contribution in [-0.4, -0.2) is 6.54 Å². The van der Waals surface area contributed by atoms with E-state index in [9.17, 15) is 0 Å². The fourth-order valence-corrected chi connectivity index (χ4v) is 2.94. The lowest BCUT2D eigenvalue weighted by atomic mass is 9.77. The van der Waals surface area contributed by atoms with Gasteiger partial charge in [-0.2, -0.15) is 0 Å². The topological polar surface area (TPSA) is 26.0 Å². The molecule has 0 radical (unpaired) electrons. The molecule has 1 aliphatic carbocycles. The molecule has 1 aliphatic rings. The van der Waals surface area contributed by atoms with Gasteiger partial charge >= 0.3 is 0 Å². The summed E-state index contributed by atoms with van der Waals surface area (Å²) in [5, 5.41) is 0. The largest absolute Gasteiger partial charge is 0.330 e. The van der Waals surface area contributed by atoms with Gasteiger partial charge in [-0.05, 0) is 63.0 Å². The second-order valence-corrected chi connectivity index (χ2v) is 5.21. The lowest BCUT2D eigenvalue weighted by Gasteiger charge is -2.28. The Morgan fingerprint density at radius 1 is 1.19 bits per heavy atom. The highest BCUT2D eigenvalue weighted by Gasteiger charge is 2.21. The minimum atomic E-state index is 0.800. The molecule has 0 aromatic heterocycles. The Labute approximate surface area is 99.0 Å². The van der Waals surface area contributed by atoms with Crippen molar-refractivity contribution in [3.63, 3.8) is 0 Å². The van der Waals surface area contributed by atoms with Crippen LogP contribution in [0.4, 0.5) is 0 Å². The van der Waals surface area contributed by atoms with Gasteiger partial charge in [0.2, 0.25) is 0 Å². The molecule has 88 valence electrons. The Hall–Kier alpha value is -0.820. The lowest BCUT2D eigenvalue weighted by Crippen LogP contribution is -2.16. The van der Waals surface area contributed by atoms with Crippen LogP contribution in [0.1, 0.15) is 49.1 Å². The van der Waals surface area contributed by atoms with Crippen molar-refractivity contribution in [2.75, 3.05) is 6.54 Å². The number of aryl methyl sites for hydroxylation is 1. The fourth-order valence-electron chi connectivity index (χ4n) is 2.94. The summed E-state index contributed by atoms with van der Waals surface area (Å²) in [5.74, 6) is 1.69. The maximum atomic E-state index is 5.62. The molecule has 2 rings (SSSR count). The van der Waals surface area contributed by atoms with Crippen molar-refractivity contribution in [2.24, 2.45) is 11.7 Å². The highest BCUT2D eigenvalue weighted by molar-refractivity contribution is 5.25. The molecule has 0 spiro atoms. The van der Waals surface area contributed by atoms with Crippen molar-refractivity contribution in [1.29, 1.82) is 0 Å². The molecule has 0 atom stereocenters. The van der Waals surface area contributed by atoms with Gasteiger partial charge in [-0.25, -0.2) is 0 Å². The van der Waals surface area contributed by atoms with Gasteiger partial charge in [-0.1, -0.05) is 29.8 Å². The first-order valence-electron chi connectivity index (χ1n) is 6.56. The van der Waals surface area contributed by atoms with Crippen LogP contribution >= 0.6 is 0 Å². The van der Waals surface area contributed by atoms with E-state index in [1.54, 1.807) is 5.56 Å². The molecule has 0 bridgehead atoms. The molecule has 1 nitrogen and oxygen atoms in total. The van der Waals surface area contributed by atoms with Crippen molar-refractivity contribution in [2.45, 2.75) is 44.9 Å². The van der Waals surface area contributed by atoms with Gasteiger partial charge in [-0.15, -0.1) is 0 Å². The molecule has 1 saturated carbocycles. The highest BCUT2D eigenvalue weighted by Crippen LogP contribution is 2.36. The van der Waals surface area contributed by atoms with E-state index >= 15 is 0 Å². The van der Waals surface area contributed by atoms with Crippen LogP contribution in [0.5, 0.6) is 0 Å². The van der Waals surface area contributed by atoms with E-state index in [4.69, 9.17) is 5.73 Å². The Morgan fingerprint density at radius 3 is 2.56 bits per heavy atom. The molecule has 16 heavy (non-hydrogen) atoms. The van der Waals surface area contributed by atoms with Crippen LogP contribution in [0.25, 0.3) is 0 Å². The Balaban J connectivity index is 1.94. The molecule has 1 fully saturated rings. The maximum Gasteiger partial charge on any atom is -0.00746 e. The van der Waals surface area contributed by atoms with Crippen LogP contribution in [0.2, 0.25) is 0 Å². The first-order valence-corrected chi connectivity index (χ1v) is 6.56. The molecular weight excluding hydrogens is 194 g/mol. The number of hydrogen-bond donors (Lipinski definition) is 1. The van der Waals surface area contributed by atoms with Crippen LogP contribution in [0, 0.1) is 12.8 Å². The predicted molar refractivity (Wildman–Crippen MR) is 69.5 cm³/mol. The maximum absolute atomic E-state index is 5.62. The summed E-state index contributed by atoms with van der Waals surface area (Å²) in [6, 6.07) is 9.02. The van der Waals surface area contributed by atoms with E-state index in [2.05, 4.69) is 31.2 Å². The summed E-state index contributed by atoms with van der Waals surface area (Å²) in [6.07, 6.45) is 6.67. The Morgan fingerprint density at radius 2 is 1.94 bits per heavy atom. The van der Waals surface area contributed by atoms with E-state index in [0.717, 1.165) is 18.4 Å². The molecule has 0 heterocycles. The summed E-state index contributed by atoms with van der Waals surface area (Å²) in [6.45, 7) is 3.04. The van der Waals surface area contributed by atoms with Gasteiger partial charge in [0.05, 0.1) is 0 Å². The molecule has 0 aliphatic heterocycles. The van der Waals surface area contributed by atoms with E-state index < -0.39 is 0 Å². The molecule has 0 amide bonds. The summed E-state index contributed by atoms with van der Waals surface area (Å²) < 4.78 is 0. The highest BCUT2D eigenvalue weighted by atomic mass is 14.5. The summed E-state index contributed by atoms with van der Waals surface area (Å²) in [7, 11) is 0. The zero-order valence-corrected chi connectivity index (χ0v) is 10.3. The average molecular weight is 217 g/mol. The first kappa shape index (κ1) is 11.7. The third kappa shape index (κ3) is 2.85. The van der Waals surface area contributed by atoms with Crippen LogP contribution in [0.15, 0.2) is 24.3 Å².